The van der Waals surface area contributed by atoms with Crippen LogP contribution in [-0.2, 0) is 9.84 Å². The summed E-state index contributed by atoms with van der Waals surface area (Å²) in [7, 11) is -0.981. The van der Waals surface area contributed by atoms with Crippen molar-refractivity contribution in [3.63, 3.8) is 0 Å². The summed E-state index contributed by atoms with van der Waals surface area (Å²) in [6.07, 6.45) is 7.13. The summed E-state index contributed by atoms with van der Waals surface area (Å²) in [5.74, 6) is 1.07. The third-order valence-corrected chi connectivity index (χ3v) is 10.8. The highest BCUT2D eigenvalue weighted by molar-refractivity contribution is 7.92. The molecule has 0 aliphatic carbocycles. The Kier molecular flexibility index (Phi) is 10.4. The number of methoxy groups -OCH3 is 2. The van der Waals surface area contributed by atoms with Gasteiger partial charge in [0.15, 0.2) is 9.84 Å². The van der Waals surface area contributed by atoms with Crippen LogP contribution in [0.4, 0.5) is 0 Å². The lowest BCUT2D eigenvalue weighted by atomic mass is 10.0. The van der Waals surface area contributed by atoms with E-state index in [0.717, 1.165) is 33.4 Å². The van der Waals surface area contributed by atoms with E-state index in [9.17, 15) is 8.42 Å². The van der Waals surface area contributed by atoms with E-state index < -0.39 is 20.3 Å². The molecule has 0 bridgehead atoms. The van der Waals surface area contributed by atoms with E-state index in [1.54, 1.807) is 62.8 Å². The average molecular weight is 636 g/mol. The van der Waals surface area contributed by atoms with Gasteiger partial charge in [0.25, 0.3) is 0 Å². The number of rotatable bonds is 10. The average Bonchev–Trinajstić information content (AvgIpc) is 2.98. The summed E-state index contributed by atoms with van der Waals surface area (Å²) < 4.78 is 40.5. The minimum absolute atomic E-state index is 0.289. The van der Waals surface area contributed by atoms with Gasteiger partial charge in [-0.15, -0.1) is 0 Å². The van der Waals surface area contributed by atoms with Gasteiger partial charge >= 0.3 is 0 Å². The van der Waals surface area contributed by atoms with Crippen molar-refractivity contribution in [1.82, 2.24) is 0 Å². The Morgan fingerprint density at radius 1 is 0.628 bits per heavy atom. The molecule has 4 rings (SSSR count). The van der Waals surface area contributed by atoms with E-state index in [4.69, 9.17) is 32.7 Å². The molecule has 0 aromatic heterocycles. The minimum atomic E-state index is -4.06. The van der Waals surface area contributed by atoms with Crippen LogP contribution in [0.3, 0.4) is 0 Å². The lowest BCUT2D eigenvalue weighted by Gasteiger charge is -2.23. The SMILES string of the molecule is COc1ccc(C(C=Cc2cccc(C)c2C)S(=O)(=O)C(C=Cc2cccc(C)c2C)c2ccc(OC)cc2Cl)c(Cl)c1. The molecule has 7 heteroatoms. The molecule has 4 nitrogen and oxygen atoms in total. The molecule has 0 heterocycles. The Bertz CT molecular complexity index is 1670. The van der Waals surface area contributed by atoms with E-state index in [1.807, 2.05) is 76.2 Å². The minimum Gasteiger partial charge on any atom is -0.497 e. The van der Waals surface area contributed by atoms with Crippen molar-refractivity contribution >= 4 is 45.2 Å². The molecule has 0 saturated heterocycles. The summed E-state index contributed by atoms with van der Waals surface area (Å²) in [4.78, 5) is 0. The van der Waals surface area contributed by atoms with E-state index in [0.29, 0.717) is 22.6 Å². The Morgan fingerprint density at radius 3 is 1.37 bits per heavy atom. The van der Waals surface area contributed by atoms with E-state index in [-0.39, 0.29) is 10.0 Å². The van der Waals surface area contributed by atoms with Crippen LogP contribution in [0.15, 0.2) is 84.9 Å². The maximum absolute atomic E-state index is 14.9. The van der Waals surface area contributed by atoms with Crippen molar-refractivity contribution in [1.29, 1.82) is 0 Å². The topological polar surface area (TPSA) is 52.6 Å². The van der Waals surface area contributed by atoms with Crippen LogP contribution in [0.1, 0.15) is 55.0 Å². The zero-order valence-electron chi connectivity index (χ0n) is 25.2. The van der Waals surface area contributed by atoms with E-state index in [2.05, 4.69) is 0 Å². The largest absolute Gasteiger partial charge is 0.497 e. The van der Waals surface area contributed by atoms with E-state index >= 15 is 0 Å². The molecule has 2 atom stereocenters. The fourth-order valence-electron chi connectivity index (χ4n) is 4.96. The van der Waals surface area contributed by atoms with Crippen molar-refractivity contribution in [3.8, 4) is 11.5 Å². The number of hydrogen-bond donors (Lipinski definition) is 0. The maximum Gasteiger partial charge on any atom is 0.171 e. The number of sulfone groups is 1. The van der Waals surface area contributed by atoms with Crippen molar-refractivity contribution < 1.29 is 17.9 Å². The number of hydrogen-bond acceptors (Lipinski definition) is 4. The van der Waals surface area contributed by atoms with Gasteiger partial charge < -0.3 is 9.47 Å². The molecule has 0 N–H and O–H groups in total. The third-order valence-electron chi connectivity index (χ3n) is 7.93. The van der Waals surface area contributed by atoms with Crippen LogP contribution in [0.2, 0.25) is 10.0 Å². The zero-order chi connectivity index (χ0) is 31.3. The van der Waals surface area contributed by atoms with E-state index in [1.165, 1.54) is 0 Å². The summed E-state index contributed by atoms with van der Waals surface area (Å²) in [6.45, 7) is 8.10. The second-order valence-corrected chi connectivity index (χ2v) is 13.5. The van der Waals surface area contributed by atoms with Gasteiger partial charge in [0, 0.05) is 10.0 Å². The highest BCUT2D eigenvalue weighted by atomic mass is 35.5. The molecule has 0 saturated carbocycles. The van der Waals surface area contributed by atoms with Crippen LogP contribution in [0.25, 0.3) is 12.2 Å². The lowest BCUT2D eigenvalue weighted by Crippen LogP contribution is -2.19. The van der Waals surface area contributed by atoms with Gasteiger partial charge in [-0.3, -0.25) is 0 Å². The predicted molar refractivity (Wildman–Crippen MR) is 180 cm³/mol. The van der Waals surface area contributed by atoms with Crippen LogP contribution in [-0.4, -0.2) is 22.6 Å². The fourth-order valence-corrected chi connectivity index (χ4v) is 7.70. The predicted octanol–water partition coefficient (Wildman–Crippen LogP) is 9.87. The van der Waals surface area contributed by atoms with Crippen molar-refractivity contribution in [2.75, 3.05) is 14.2 Å². The lowest BCUT2D eigenvalue weighted by molar-refractivity contribution is 0.414. The fraction of sp³-hybridized carbons (Fsp3) is 0.222. The molecule has 0 radical (unpaired) electrons. The molecule has 43 heavy (non-hydrogen) atoms. The summed E-state index contributed by atoms with van der Waals surface area (Å²) in [6, 6.07) is 22.0. The molecule has 224 valence electrons. The number of aryl methyl sites for hydroxylation is 2. The van der Waals surface area contributed by atoms with Gasteiger partial charge in [-0.25, -0.2) is 8.42 Å². The Morgan fingerprint density at radius 2 is 1.02 bits per heavy atom. The first-order chi connectivity index (χ1) is 20.5. The Labute approximate surface area is 265 Å². The molecule has 2 unspecified atom stereocenters. The number of ether oxygens (including phenoxy) is 2. The second-order valence-electron chi connectivity index (χ2n) is 10.5. The first kappa shape index (κ1) is 32.4. The summed E-state index contributed by atoms with van der Waals surface area (Å²) in [5, 5.41) is -1.62. The number of halogens is 2. The molecule has 0 amide bonds. The first-order valence-electron chi connectivity index (χ1n) is 13.9. The van der Waals surface area contributed by atoms with Crippen molar-refractivity contribution in [2.45, 2.75) is 38.2 Å². The molecule has 0 aliphatic rings. The van der Waals surface area contributed by atoms with Gasteiger partial charge in [0.1, 0.15) is 22.0 Å². The highest BCUT2D eigenvalue weighted by Crippen LogP contribution is 2.43. The van der Waals surface area contributed by atoms with Crippen molar-refractivity contribution in [2.24, 2.45) is 0 Å². The molecule has 0 spiro atoms. The molecule has 4 aromatic rings. The highest BCUT2D eigenvalue weighted by Gasteiger charge is 2.36. The number of benzene rings is 4. The molecular formula is C36H36Cl2O4S. The standard InChI is InChI=1S/C36H36Cl2O4S/c1-23-9-7-11-27(25(23)3)13-19-35(31-17-15-29(41-5)21-33(31)37)43(39,40)36(32-18-16-30(42-6)22-34(32)38)20-14-28-12-8-10-24(2)26(28)4/h7-22,35-36H,1-6H3. The van der Waals surface area contributed by atoms with Crippen LogP contribution in [0, 0.1) is 27.7 Å². The normalized spacial score (nSPS) is 13.4. The Balaban J connectivity index is 1.95. The maximum atomic E-state index is 14.9. The molecule has 4 aromatic carbocycles. The zero-order valence-corrected chi connectivity index (χ0v) is 27.5. The summed E-state index contributed by atoms with van der Waals surface area (Å²) in [5.41, 5.74) is 7.11. The monoisotopic (exact) mass is 634 g/mol. The molecule has 0 aliphatic heterocycles. The van der Waals surface area contributed by atoms with Gasteiger partial charge in [-0.05, 0) is 96.5 Å². The van der Waals surface area contributed by atoms with Gasteiger partial charge in [0.05, 0.1) is 14.2 Å². The summed E-state index contributed by atoms with van der Waals surface area (Å²) >= 11 is 13.5. The molecule has 0 fully saturated rings. The van der Waals surface area contributed by atoms with Crippen molar-refractivity contribution in [3.05, 3.63) is 140 Å². The van der Waals surface area contributed by atoms with Gasteiger partial charge in [0.2, 0.25) is 0 Å². The quantitative estimate of drug-likeness (QED) is 0.174. The van der Waals surface area contributed by atoms with Gasteiger partial charge in [-0.2, -0.15) is 0 Å². The Hall–Kier alpha value is -3.51. The smallest absolute Gasteiger partial charge is 0.171 e. The van der Waals surface area contributed by atoms with Crippen LogP contribution < -0.4 is 9.47 Å². The van der Waals surface area contributed by atoms with Gasteiger partial charge in [-0.1, -0.05) is 96.0 Å². The van der Waals surface area contributed by atoms with Crippen LogP contribution >= 0.6 is 23.2 Å². The van der Waals surface area contributed by atoms with Crippen LogP contribution in [0.5, 0.6) is 11.5 Å². The second kappa shape index (κ2) is 13.9. The first-order valence-corrected chi connectivity index (χ1v) is 16.2. The molecular weight excluding hydrogens is 599 g/mol. The third kappa shape index (κ3) is 7.18.